The van der Waals surface area contributed by atoms with Gasteiger partial charge in [-0.05, 0) is 42.8 Å². The smallest absolute Gasteiger partial charge is 0.243 e. The van der Waals surface area contributed by atoms with E-state index >= 15 is 0 Å². The van der Waals surface area contributed by atoms with Crippen molar-refractivity contribution in [1.82, 2.24) is 14.3 Å². The molecule has 10 heteroatoms. The molecule has 2 aromatic carbocycles. The second-order valence-corrected chi connectivity index (χ2v) is 10.2. The average molecular weight is 485 g/mol. The van der Waals surface area contributed by atoms with Crippen molar-refractivity contribution in [2.24, 2.45) is 0 Å². The Bertz CT molecular complexity index is 1300. The van der Waals surface area contributed by atoms with Gasteiger partial charge in [0.15, 0.2) is 0 Å². The standard InChI is InChI=1S/C24H25FN4O4S/c1-17-15-18(7-8-21(17)25)33-23-20-16-29(34(30,31)19-5-3-2-4-6-19)10-9-22(20)26-24(27-23)28-11-13-32-14-12-28/h2-8,15H,9-14,16H2,1H3. The van der Waals surface area contributed by atoms with Crippen molar-refractivity contribution in [1.29, 1.82) is 0 Å². The summed E-state index contributed by atoms with van der Waals surface area (Å²) < 4.78 is 53.3. The maximum atomic E-state index is 13.8. The van der Waals surface area contributed by atoms with E-state index in [9.17, 15) is 12.8 Å². The largest absolute Gasteiger partial charge is 0.438 e. The highest BCUT2D eigenvalue weighted by atomic mass is 32.2. The molecule has 34 heavy (non-hydrogen) atoms. The van der Waals surface area contributed by atoms with Gasteiger partial charge in [0.05, 0.1) is 29.4 Å². The van der Waals surface area contributed by atoms with Gasteiger partial charge in [-0.3, -0.25) is 0 Å². The van der Waals surface area contributed by atoms with E-state index in [2.05, 4.69) is 4.98 Å². The lowest BCUT2D eigenvalue weighted by Crippen LogP contribution is -2.39. The average Bonchev–Trinajstić information content (AvgIpc) is 2.87. The third kappa shape index (κ3) is 4.48. The number of morpholine rings is 1. The molecular weight excluding hydrogens is 459 g/mol. The number of benzene rings is 2. The summed E-state index contributed by atoms with van der Waals surface area (Å²) in [5.74, 6) is 0.905. The van der Waals surface area contributed by atoms with Crippen molar-refractivity contribution in [2.45, 2.75) is 24.8 Å². The third-order valence-corrected chi connectivity index (χ3v) is 7.85. The number of nitrogens with zero attached hydrogens (tertiary/aromatic N) is 4. The molecule has 0 amide bonds. The van der Waals surface area contributed by atoms with E-state index in [4.69, 9.17) is 14.5 Å². The number of ether oxygens (including phenoxy) is 2. The molecule has 178 valence electrons. The Morgan fingerprint density at radius 2 is 1.79 bits per heavy atom. The fourth-order valence-electron chi connectivity index (χ4n) is 4.07. The van der Waals surface area contributed by atoms with Gasteiger partial charge in [0.25, 0.3) is 0 Å². The quantitative estimate of drug-likeness (QED) is 0.549. The molecule has 0 spiro atoms. The summed E-state index contributed by atoms with van der Waals surface area (Å²) in [6.45, 7) is 4.52. The number of aryl methyl sites for hydroxylation is 1. The molecule has 0 bridgehead atoms. The molecule has 3 aromatic rings. The first kappa shape index (κ1) is 22.7. The van der Waals surface area contributed by atoms with Crippen LogP contribution in [0.15, 0.2) is 53.4 Å². The first-order chi connectivity index (χ1) is 16.4. The molecular formula is C24H25FN4O4S. The van der Waals surface area contributed by atoms with Crippen LogP contribution in [0.4, 0.5) is 10.3 Å². The minimum absolute atomic E-state index is 0.0888. The van der Waals surface area contributed by atoms with Gasteiger partial charge in [-0.15, -0.1) is 0 Å². The van der Waals surface area contributed by atoms with Crippen molar-refractivity contribution in [3.8, 4) is 11.6 Å². The van der Waals surface area contributed by atoms with Gasteiger partial charge < -0.3 is 14.4 Å². The maximum absolute atomic E-state index is 13.8. The fraction of sp³-hybridized carbons (Fsp3) is 0.333. The Balaban J connectivity index is 1.53. The minimum Gasteiger partial charge on any atom is -0.438 e. The van der Waals surface area contributed by atoms with E-state index in [0.29, 0.717) is 62.1 Å². The SMILES string of the molecule is Cc1cc(Oc2nc(N3CCOCC3)nc3c2CN(S(=O)(=O)c2ccccc2)CC3)ccc1F. The van der Waals surface area contributed by atoms with Crippen molar-refractivity contribution < 1.29 is 22.3 Å². The summed E-state index contributed by atoms with van der Waals surface area (Å²) in [5, 5.41) is 0. The van der Waals surface area contributed by atoms with E-state index in [1.54, 1.807) is 43.3 Å². The second kappa shape index (κ2) is 9.28. The summed E-state index contributed by atoms with van der Waals surface area (Å²) in [4.78, 5) is 11.7. The minimum atomic E-state index is -3.69. The molecule has 0 unspecified atom stereocenters. The van der Waals surface area contributed by atoms with Crippen LogP contribution < -0.4 is 9.64 Å². The van der Waals surface area contributed by atoms with Crippen LogP contribution in [0.2, 0.25) is 0 Å². The lowest BCUT2D eigenvalue weighted by molar-refractivity contribution is 0.122. The van der Waals surface area contributed by atoms with Crippen LogP contribution in [0, 0.1) is 12.7 Å². The zero-order chi connectivity index (χ0) is 23.7. The van der Waals surface area contributed by atoms with Gasteiger partial charge in [0.1, 0.15) is 11.6 Å². The predicted octanol–water partition coefficient (Wildman–Crippen LogP) is 3.30. The van der Waals surface area contributed by atoms with Gasteiger partial charge in [0.2, 0.25) is 21.9 Å². The Labute approximate surface area is 198 Å². The fourth-order valence-corrected chi connectivity index (χ4v) is 5.50. The normalized spacial score (nSPS) is 16.8. The molecule has 0 N–H and O–H groups in total. The lowest BCUT2D eigenvalue weighted by atomic mass is 10.1. The molecule has 2 aliphatic heterocycles. The summed E-state index contributed by atoms with van der Waals surface area (Å²) in [5.41, 5.74) is 1.82. The van der Waals surface area contributed by atoms with Gasteiger partial charge >= 0.3 is 0 Å². The number of hydrogen-bond acceptors (Lipinski definition) is 7. The van der Waals surface area contributed by atoms with Crippen molar-refractivity contribution in [3.63, 3.8) is 0 Å². The number of rotatable bonds is 5. The zero-order valence-corrected chi connectivity index (χ0v) is 19.6. The zero-order valence-electron chi connectivity index (χ0n) is 18.8. The number of anilines is 1. The van der Waals surface area contributed by atoms with Gasteiger partial charge in [0, 0.05) is 32.6 Å². The van der Waals surface area contributed by atoms with Crippen LogP contribution >= 0.6 is 0 Å². The molecule has 3 heterocycles. The molecule has 2 aliphatic rings. The molecule has 0 aliphatic carbocycles. The number of halogens is 1. The van der Waals surface area contributed by atoms with Crippen LogP contribution in [0.1, 0.15) is 16.8 Å². The van der Waals surface area contributed by atoms with Crippen molar-refractivity contribution in [2.75, 3.05) is 37.7 Å². The van der Waals surface area contributed by atoms with Crippen LogP contribution in [-0.4, -0.2) is 55.5 Å². The van der Waals surface area contributed by atoms with Crippen LogP contribution in [0.3, 0.4) is 0 Å². The van der Waals surface area contributed by atoms with Crippen LogP contribution in [0.25, 0.3) is 0 Å². The number of hydrogen-bond donors (Lipinski definition) is 0. The summed E-state index contributed by atoms with van der Waals surface area (Å²) >= 11 is 0. The van der Waals surface area contributed by atoms with E-state index in [1.165, 1.54) is 16.4 Å². The Kier molecular flexibility index (Phi) is 6.20. The maximum Gasteiger partial charge on any atom is 0.243 e. The Morgan fingerprint density at radius 1 is 1.03 bits per heavy atom. The van der Waals surface area contributed by atoms with Crippen molar-refractivity contribution >= 4 is 16.0 Å². The number of sulfonamides is 1. The van der Waals surface area contributed by atoms with Crippen LogP contribution in [0.5, 0.6) is 11.6 Å². The molecule has 1 fully saturated rings. The summed E-state index contributed by atoms with van der Waals surface area (Å²) in [7, 11) is -3.69. The van der Waals surface area contributed by atoms with E-state index in [1.807, 2.05) is 4.90 Å². The second-order valence-electron chi connectivity index (χ2n) is 8.27. The van der Waals surface area contributed by atoms with E-state index in [-0.39, 0.29) is 23.1 Å². The lowest BCUT2D eigenvalue weighted by Gasteiger charge is -2.31. The van der Waals surface area contributed by atoms with Crippen LogP contribution in [-0.2, 0) is 27.7 Å². The molecule has 1 saturated heterocycles. The summed E-state index contributed by atoms with van der Waals surface area (Å²) in [6.07, 6.45) is 0.431. The third-order valence-electron chi connectivity index (χ3n) is 5.99. The first-order valence-corrected chi connectivity index (χ1v) is 12.6. The Hall–Kier alpha value is -3.08. The first-order valence-electron chi connectivity index (χ1n) is 11.1. The van der Waals surface area contributed by atoms with Gasteiger partial charge in [-0.2, -0.15) is 9.29 Å². The molecule has 0 saturated carbocycles. The predicted molar refractivity (Wildman–Crippen MR) is 124 cm³/mol. The van der Waals surface area contributed by atoms with E-state index < -0.39 is 10.0 Å². The molecule has 0 radical (unpaired) electrons. The molecule has 1 aromatic heterocycles. The number of fused-ring (bicyclic) bond motifs is 1. The molecule has 8 nitrogen and oxygen atoms in total. The molecule has 0 atom stereocenters. The highest BCUT2D eigenvalue weighted by Crippen LogP contribution is 2.34. The molecule has 5 rings (SSSR count). The highest BCUT2D eigenvalue weighted by Gasteiger charge is 2.32. The Morgan fingerprint density at radius 3 is 2.53 bits per heavy atom. The highest BCUT2D eigenvalue weighted by molar-refractivity contribution is 7.89. The van der Waals surface area contributed by atoms with Crippen molar-refractivity contribution in [3.05, 3.63) is 71.2 Å². The number of aromatic nitrogens is 2. The topological polar surface area (TPSA) is 84.9 Å². The monoisotopic (exact) mass is 484 g/mol. The van der Waals surface area contributed by atoms with Gasteiger partial charge in [-0.1, -0.05) is 18.2 Å². The van der Waals surface area contributed by atoms with Gasteiger partial charge in [-0.25, -0.2) is 17.8 Å². The summed E-state index contributed by atoms with van der Waals surface area (Å²) in [6, 6.07) is 12.8. The van der Waals surface area contributed by atoms with E-state index in [0.717, 1.165) is 5.69 Å².